The zero-order valence-electron chi connectivity index (χ0n) is 18.3. The van der Waals surface area contributed by atoms with Crippen LogP contribution in [0.2, 0.25) is 0 Å². The molecule has 1 aliphatic rings. The number of thiophene rings is 1. The van der Waals surface area contributed by atoms with Crippen LogP contribution in [0.1, 0.15) is 49.4 Å². The quantitative estimate of drug-likeness (QED) is 0.236. The summed E-state index contributed by atoms with van der Waals surface area (Å²) in [7, 11) is 0.936. The molecule has 164 valence electrons. The third-order valence-corrected chi connectivity index (χ3v) is 8.74. The van der Waals surface area contributed by atoms with Gasteiger partial charge in [0, 0.05) is 33.4 Å². The fourth-order valence-electron chi connectivity index (χ4n) is 4.76. The summed E-state index contributed by atoms with van der Waals surface area (Å²) in [6.45, 7) is 2.09. The van der Waals surface area contributed by atoms with Crippen LogP contribution in [0.5, 0.6) is 5.75 Å². The SMILES string of the molecule is COC(=O)c1ccc2c(c1)c1ccccc1[s+]2-c1ccc(OC2(C)CCCCC2)c(F)c1. The average Bonchev–Trinajstić information content (AvgIpc) is 3.14. The number of hydrogen-bond acceptors (Lipinski definition) is 3. The van der Waals surface area contributed by atoms with Gasteiger partial charge in [-0.1, -0.05) is 18.6 Å². The summed E-state index contributed by atoms with van der Waals surface area (Å²) in [6.07, 6.45) is 5.39. The van der Waals surface area contributed by atoms with Crippen LogP contribution in [-0.4, -0.2) is 18.7 Å². The van der Waals surface area contributed by atoms with E-state index in [9.17, 15) is 4.79 Å². The molecule has 1 atom stereocenters. The van der Waals surface area contributed by atoms with Crippen molar-refractivity contribution in [3.8, 4) is 10.6 Å². The van der Waals surface area contributed by atoms with E-state index in [-0.39, 0.29) is 17.4 Å². The summed E-state index contributed by atoms with van der Waals surface area (Å²) >= 11 is 0. The molecule has 0 radical (unpaired) electrons. The first-order valence-electron chi connectivity index (χ1n) is 11.0. The minimum absolute atomic E-state index is 0.292. The number of benzene rings is 3. The molecule has 1 aliphatic carbocycles. The first kappa shape index (κ1) is 21.0. The van der Waals surface area contributed by atoms with Gasteiger partial charge in [-0.2, -0.15) is 0 Å². The van der Waals surface area contributed by atoms with Crippen LogP contribution in [0.15, 0.2) is 60.7 Å². The molecule has 5 heteroatoms. The van der Waals surface area contributed by atoms with Gasteiger partial charge in [0.25, 0.3) is 0 Å². The maximum absolute atomic E-state index is 15.2. The van der Waals surface area contributed by atoms with Gasteiger partial charge in [0.05, 0.1) is 12.7 Å². The van der Waals surface area contributed by atoms with E-state index < -0.39 is 10.5 Å². The number of methoxy groups -OCH3 is 1. The molecular weight excluding hydrogens is 423 g/mol. The Morgan fingerprint density at radius 2 is 1.69 bits per heavy atom. The molecule has 1 saturated carbocycles. The van der Waals surface area contributed by atoms with Gasteiger partial charge in [0.2, 0.25) is 0 Å². The normalized spacial score (nSPS) is 16.3. The second-order valence-corrected chi connectivity index (χ2v) is 10.7. The second kappa shape index (κ2) is 8.21. The number of hydrogen-bond donors (Lipinski definition) is 0. The van der Waals surface area contributed by atoms with Gasteiger partial charge in [0.1, 0.15) is 5.60 Å². The molecule has 0 bridgehead atoms. The Balaban J connectivity index is 1.61. The Hall–Kier alpha value is -2.92. The maximum atomic E-state index is 15.2. The summed E-state index contributed by atoms with van der Waals surface area (Å²) in [5.41, 5.74) is 0.224. The van der Waals surface area contributed by atoms with E-state index >= 15 is 4.39 Å². The lowest BCUT2D eigenvalue weighted by molar-refractivity contribution is 0.0448. The minimum Gasteiger partial charge on any atom is -0.484 e. The zero-order chi connectivity index (χ0) is 22.3. The molecule has 4 aromatic rings. The van der Waals surface area contributed by atoms with E-state index in [1.54, 1.807) is 18.2 Å². The Morgan fingerprint density at radius 3 is 2.44 bits per heavy atom. The van der Waals surface area contributed by atoms with E-state index in [1.165, 1.54) is 13.5 Å². The second-order valence-electron chi connectivity index (χ2n) is 8.71. The smallest absolute Gasteiger partial charge is 0.337 e. The molecule has 3 nitrogen and oxygen atoms in total. The number of esters is 1. The number of carbonyl (C=O) groups is 1. The molecule has 0 N–H and O–H groups in total. The predicted octanol–water partition coefficient (Wildman–Crippen LogP) is 7.76. The third-order valence-electron chi connectivity index (χ3n) is 6.42. The molecule has 3 aromatic carbocycles. The van der Waals surface area contributed by atoms with Crippen molar-refractivity contribution in [3.05, 3.63) is 72.0 Å². The van der Waals surface area contributed by atoms with Crippen LogP contribution < -0.4 is 4.74 Å². The molecule has 0 spiro atoms. The van der Waals surface area contributed by atoms with E-state index in [4.69, 9.17) is 9.47 Å². The van der Waals surface area contributed by atoms with Crippen molar-refractivity contribution < 1.29 is 18.7 Å². The number of rotatable bonds is 4. The van der Waals surface area contributed by atoms with E-state index in [1.807, 2.05) is 30.3 Å². The lowest BCUT2D eigenvalue weighted by atomic mass is 9.86. The van der Waals surface area contributed by atoms with Gasteiger partial charge in [0.15, 0.2) is 25.9 Å². The summed E-state index contributed by atoms with van der Waals surface area (Å²) < 4.78 is 28.5. The number of carbonyl (C=O) groups excluding carboxylic acids is 1. The first-order valence-corrected chi connectivity index (χ1v) is 12.3. The third kappa shape index (κ3) is 3.65. The van der Waals surface area contributed by atoms with Crippen LogP contribution in [0, 0.1) is 5.82 Å². The molecule has 0 saturated heterocycles. The Kier molecular flexibility index (Phi) is 5.38. The topological polar surface area (TPSA) is 35.5 Å². The fraction of sp³-hybridized carbons (Fsp3) is 0.296. The van der Waals surface area contributed by atoms with Crippen molar-refractivity contribution in [2.75, 3.05) is 7.11 Å². The standard InChI is InChI=1S/C27H26FO3S/c1-27(14-6-3-7-15-27)31-23-12-11-19(17-22(23)28)32-24-9-5-4-8-20(24)21-16-18(26(29)30-2)10-13-25(21)32/h4-5,8-13,16-17H,3,6-7,14-15H2,1-2H3/q+1. The molecule has 0 amide bonds. The predicted molar refractivity (Wildman–Crippen MR) is 129 cm³/mol. The van der Waals surface area contributed by atoms with Crippen molar-refractivity contribution >= 4 is 36.6 Å². The van der Waals surface area contributed by atoms with E-state index in [0.717, 1.165) is 50.8 Å². The van der Waals surface area contributed by atoms with Crippen molar-refractivity contribution in [3.63, 3.8) is 0 Å². The van der Waals surface area contributed by atoms with E-state index in [2.05, 4.69) is 19.1 Å². The van der Waals surface area contributed by atoms with Crippen LogP contribution in [0.4, 0.5) is 4.39 Å². The molecule has 5 rings (SSSR count). The molecule has 1 fully saturated rings. The fourth-order valence-corrected chi connectivity index (χ4v) is 7.14. The zero-order valence-corrected chi connectivity index (χ0v) is 19.1. The Bertz CT molecular complexity index is 1320. The largest absolute Gasteiger partial charge is 0.484 e. The highest BCUT2D eigenvalue weighted by Gasteiger charge is 2.31. The number of fused-ring (bicyclic) bond motifs is 3. The lowest BCUT2D eigenvalue weighted by Crippen LogP contribution is -2.34. The van der Waals surface area contributed by atoms with Gasteiger partial charge in [-0.3, -0.25) is 0 Å². The van der Waals surface area contributed by atoms with Gasteiger partial charge in [-0.05, 0) is 69.0 Å². The molecule has 1 heterocycles. The van der Waals surface area contributed by atoms with Crippen molar-refractivity contribution in [1.29, 1.82) is 0 Å². The highest BCUT2D eigenvalue weighted by atomic mass is 32.2. The summed E-state index contributed by atoms with van der Waals surface area (Å²) in [6, 6.07) is 19.1. The molecule has 1 aromatic heterocycles. The van der Waals surface area contributed by atoms with E-state index in [0.29, 0.717) is 11.3 Å². The summed E-state index contributed by atoms with van der Waals surface area (Å²) in [4.78, 5) is 13.0. The summed E-state index contributed by atoms with van der Waals surface area (Å²) in [5, 5.41) is 2.08. The number of halogens is 1. The average molecular weight is 450 g/mol. The van der Waals surface area contributed by atoms with Gasteiger partial charge in [-0.15, -0.1) is 0 Å². The van der Waals surface area contributed by atoms with Crippen LogP contribution >= 0.6 is 10.5 Å². The number of ether oxygens (including phenoxy) is 2. The monoisotopic (exact) mass is 449 g/mol. The van der Waals surface area contributed by atoms with Crippen LogP contribution in [-0.2, 0) is 4.74 Å². The molecular formula is C27H26FO3S+. The van der Waals surface area contributed by atoms with Crippen molar-refractivity contribution in [1.82, 2.24) is 0 Å². The lowest BCUT2D eigenvalue weighted by Gasteiger charge is -2.34. The summed E-state index contributed by atoms with van der Waals surface area (Å²) in [5.74, 6) is -0.352. The van der Waals surface area contributed by atoms with Crippen LogP contribution in [0.25, 0.3) is 25.1 Å². The van der Waals surface area contributed by atoms with Crippen molar-refractivity contribution in [2.24, 2.45) is 0 Å². The van der Waals surface area contributed by atoms with Crippen LogP contribution in [0.3, 0.4) is 0 Å². The maximum Gasteiger partial charge on any atom is 0.337 e. The first-order chi connectivity index (χ1) is 15.5. The molecule has 32 heavy (non-hydrogen) atoms. The van der Waals surface area contributed by atoms with Gasteiger partial charge >= 0.3 is 5.97 Å². The molecule has 1 unspecified atom stereocenters. The minimum atomic E-state index is -0.447. The van der Waals surface area contributed by atoms with Gasteiger partial charge in [-0.25, -0.2) is 9.18 Å². The Labute approximate surface area is 189 Å². The van der Waals surface area contributed by atoms with Gasteiger partial charge < -0.3 is 9.47 Å². The van der Waals surface area contributed by atoms with Crippen molar-refractivity contribution in [2.45, 2.75) is 44.6 Å². The Morgan fingerprint density at radius 1 is 0.938 bits per heavy atom. The highest BCUT2D eigenvalue weighted by Crippen LogP contribution is 2.49. The molecule has 0 aliphatic heterocycles. The highest BCUT2D eigenvalue weighted by molar-refractivity contribution is 7.50.